The van der Waals surface area contributed by atoms with E-state index in [9.17, 15) is 11.0 Å². The lowest BCUT2D eigenvalue weighted by Gasteiger charge is -2.46. The van der Waals surface area contributed by atoms with Crippen LogP contribution in [0, 0.1) is 0 Å². The van der Waals surface area contributed by atoms with Gasteiger partial charge in [-0.25, -0.2) is 0 Å². The quantitative estimate of drug-likeness (QED) is 0.142. The second kappa shape index (κ2) is 19.8. The van der Waals surface area contributed by atoms with Gasteiger partial charge < -0.3 is 18.9 Å². The standard InChI is InChI=1S/C80H57BN6/c1-80(2,3)56-44-75-77-76(45-56)87(79-65(54-28-12-6-13-29-54)50-83-51-66(79)55-30-14-7-15-31-55)74-47-58(85-71-38-22-18-34-61(71)62-35-19-23-39-72(62)85)41-43-68(74)81(77)67-42-40-57(84-69-36-20-16-32-59(69)60-33-17-21-37-70(60)84)46-73(67)86(75)78-63(52-24-8-4-9-25-52)48-82-49-64(78)53-26-10-5-11-27-53/h4-51H,1-3H3/i16D,17D,18D,19D,20D,21D,22D,23D,32D,33D,34D,35D,36D,37D,38D,39D. The van der Waals surface area contributed by atoms with Crippen LogP contribution in [-0.4, -0.2) is 25.8 Å². The van der Waals surface area contributed by atoms with Crippen LogP contribution in [0.15, 0.2) is 291 Å². The molecule has 0 unspecified atom stereocenters. The first kappa shape index (κ1) is 36.6. The van der Waals surface area contributed by atoms with Gasteiger partial charge in [-0.2, -0.15) is 0 Å². The van der Waals surface area contributed by atoms with Crippen molar-refractivity contribution in [3.05, 3.63) is 297 Å². The SMILES string of the molecule is [2H]c1c([2H])c([2H])c2c(c1[2H])c1c([2H])c([2H])c([2H])c([2H])c1n2-c1ccc2c(c1)N(c1c(-c3ccccc3)cncc1-c1ccccc1)c1cc(C(C)(C)C)cc3c1B2c1ccc(-n2c4c([2H])c([2H])c([2H])c([2H])c4c4c([2H])c([2H])c([2H])c([2H])c42)cc1N3c1c(-c2ccccc2)cncc1-c1ccccc1. The summed E-state index contributed by atoms with van der Waals surface area (Å²) in [5, 5.41) is -0.309. The molecule has 0 N–H and O–H groups in total. The molecule has 0 atom stereocenters. The average molecular weight is 1130 g/mol. The Morgan fingerprint density at radius 2 is 0.667 bits per heavy atom. The van der Waals surface area contributed by atoms with Gasteiger partial charge in [-0.1, -0.05) is 227 Å². The molecule has 0 radical (unpaired) electrons. The molecule has 15 aromatic rings. The Morgan fingerprint density at radius 1 is 0.356 bits per heavy atom. The highest BCUT2D eigenvalue weighted by atomic mass is 15.2. The Kier molecular flexibility index (Phi) is 8.34. The third-order valence-corrected chi connectivity index (χ3v) is 17.1. The summed E-state index contributed by atoms with van der Waals surface area (Å²) in [5.41, 5.74) is 13.1. The van der Waals surface area contributed by atoms with Crippen molar-refractivity contribution in [2.75, 3.05) is 9.80 Å². The van der Waals surface area contributed by atoms with Crippen molar-refractivity contribution in [1.29, 1.82) is 0 Å². The lowest BCUT2D eigenvalue weighted by Crippen LogP contribution is -2.61. The van der Waals surface area contributed by atoms with E-state index < -0.39 is 109 Å². The molecule has 0 spiro atoms. The monoisotopic (exact) mass is 1130 g/mol. The summed E-state index contributed by atoms with van der Waals surface area (Å²) in [7, 11) is 0. The lowest BCUT2D eigenvalue weighted by atomic mass is 9.33. The minimum atomic E-state index is -0.746. The summed E-state index contributed by atoms with van der Waals surface area (Å²) in [6.07, 6.45) is 7.39. The zero-order chi connectivity index (χ0) is 71.8. The molecule has 7 heteroatoms. The van der Waals surface area contributed by atoms with E-state index in [1.54, 1.807) is 0 Å². The minimum Gasteiger partial charge on any atom is -0.310 e. The zero-order valence-electron chi connectivity index (χ0n) is 63.2. The molecule has 0 bridgehead atoms. The summed E-state index contributed by atoms with van der Waals surface area (Å²) >= 11 is 0. The number of para-hydroxylation sites is 4. The normalized spacial score (nSPS) is 15.3. The first-order valence-corrected chi connectivity index (χ1v) is 28.8. The van der Waals surface area contributed by atoms with E-state index in [4.69, 9.17) is 20.9 Å². The van der Waals surface area contributed by atoms with Crippen molar-refractivity contribution in [3.63, 3.8) is 0 Å². The molecule has 11 aromatic carbocycles. The number of aromatic nitrogens is 4. The third kappa shape index (κ3) is 7.89. The second-order valence-corrected chi connectivity index (χ2v) is 23.0. The van der Waals surface area contributed by atoms with Crippen LogP contribution in [0.4, 0.5) is 34.1 Å². The summed E-state index contributed by atoms with van der Waals surface area (Å²) in [4.78, 5) is 14.5. The number of hydrogen-bond donors (Lipinski definition) is 0. The van der Waals surface area contributed by atoms with Crippen LogP contribution < -0.4 is 26.2 Å². The number of benzene rings is 11. The zero-order valence-corrected chi connectivity index (χ0v) is 47.2. The van der Waals surface area contributed by atoms with E-state index in [-0.39, 0.29) is 43.6 Å². The molecule has 87 heavy (non-hydrogen) atoms. The second-order valence-electron chi connectivity index (χ2n) is 23.0. The van der Waals surface area contributed by atoms with Crippen LogP contribution in [-0.2, 0) is 5.41 Å². The van der Waals surface area contributed by atoms with Crippen LogP contribution in [0.1, 0.15) is 48.3 Å². The molecule has 0 saturated carbocycles. The van der Waals surface area contributed by atoms with Gasteiger partial charge in [-0.15, -0.1) is 0 Å². The molecule has 17 rings (SSSR count). The van der Waals surface area contributed by atoms with Crippen LogP contribution in [0.3, 0.4) is 0 Å². The largest absolute Gasteiger partial charge is 0.310 e. The number of fused-ring (bicyclic) bond motifs is 10. The molecule has 4 aromatic heterocycles. The van der Waals surface area contributed by atoms with Crippen molar-refractivity contribution < 1.29 is 21.9 Å². The number of hydrogen-bond acceptors (Lipinski definition) is 4. The van der Waals surface area contributed by atoms with Crippen LogP contribution in [0.5, 0.6) is 0 Å². The van der Waals surface area contributed by atoms with Gasteiger partial charge in [0.1, 0.15) is 0 Å². The van der Waals surface area contributed by atoms with Crippen LogP contribution in [0.25, 0.3) is 99.5 Å². The summed E-state index contributed by atoms with van der Waals surface area (Å²) in [5.74, 6) is 0. The van der Waals surface area contributed by atoms with Gasteiger partial charge in [0.25, 0.3) is 6.71 Å². The highest BCUT2D eigenvalue weighted by molar-refractivity contribution is 7.00. The lowest BCUT2D eigenvalue weighted by molar-refractivity contribution is 0.590. The Morgan fingerprint density at radius 3 is 0.977 bits per heavy atom. The third-order valence-electron chi connectivity index (χ3n) is 17.1. The molecule has 0 fully saturated rings. The van der Waals surface area contributed by atoms with Gasteiger partial charge in [0, 0.05) is 103 Å². The predicted octanol–water partition coefficient (Wildman–Crippen LogP) is 18.7. The highest BCUT2D eigenvalue weighted by Gasteiger charge is 2.46. The molecule has 6 heterocycles. The smallest absolute Gasteiger partial charge is 0.252 e. The summed E-state index contributed by atoms with van der Waals surface area (Å²) < 4.78 is 152. The summed E-state index contributed by atoms with van der Waals surface area (Å²) in [6.45, 7) is 5.68. The van der Waals surface area contributed by atoms with Gasteiger partial charge in [0.2, 0.25) is 0 Å². The van der Waals surface area contributed by atoms with Crippen molar-refractivity contribution in [2.24, 2.45) is 0 Å². The minimum absolute atomic E-state index is 0.0568. The fourth-order valence-corrected chi connectivity index (χ4v) is 13.2. The van der Waals surface area contributed by atoms with Gasteiger partial charge >= 0.3 is 0 Å². The maximum absolute atomic E-state index is 9.70. The van der Waals surface area contributed by atoms with E-state index in [0.717, 1.165) is 77.8 Å². The maximum atomic E-state index is 9.70. The molecule has 0 aliphatic carbocycles. The molecule has 0 amide bonds. The fourth-order valence-electron chi connectivity index (χ4n) is 13.2. The first-order valence-electron chi connectivity index (χ1n) is 36.8. The first-order chi connectivity index (χ1) is 49.5. The van der Waals surface area contributed by atoms with Gasteiger partial charge in [-0.05, 0) is 110 Å². The van der Waals surface area contributed by atoms with E-state index >= 15 is 0 Å². The topological polar surface area (TPSA) is 42.1 Å². The van der Waals surface area contributed by atoms with E-state index in [1.165, 1.54) is 9.13 Å². The van der Waals surface area contributed by atoms with E-state index in [0.29, 0.717) is 34.1 Å². The predicted molar refractivity (Wildman–Crippen MR) is 365 cm³/mol. The Balaban J connectivity index is 1.08. The van der Waals surface area contributed by atoms with Crippen molar-refractivity contribution in [1.82, 2.24) is 19.1 Å². The molecule has 410 valence electrons. The Bertz CT molecular complexity index is 5570. The molecule has 6 nitrogen and oxygen atoms in total. The number of anilines is 6. The summed E-state index contributed by atoms with van der Waals surface area (Å²) in [6, 6.07) is 47.4. The maximum Gasteiger partial charge on any atom is 0.252 e. The van der Waals surface area contributed by atoms with Crippen molar-refractivity contribution in [3.8, 4) is 55.9 Å². The molecule has 2 aliphatic heterocycles. The highest BCUT2D eigenvalue weighted by Crippen LogP contribution is 2.54. The molecular weight excluding hydrogens is 1060 g/mol. The average Bonchev–Trinajstić information content (AvgIpc) is 1.43. The van der Waals surface area contributed by atoms with Crippen LogP contribution >= 0.6 is 0 Å². The van der Waals surface area contributed by atoms with E-state index in [2.05, 4.69) is 42.7 Å². The fraction of sp³-hybridized carbons (Fsp3) is 0.0500. The Labute approximate surface area is 528 Å². The number of nitrogens with zero attached hydrogens (tertiary/aromatic N) is 6. The van der Waals surface area contributed by atoms with Crippen molar-refractivity contribution >= 4 is 101 Å². The van der Waals surface area contributed by atoms with Crippen LogP contribution in [0.2, 0.25) is 0 Å². The van der Waals surface area contributed by atoms with Gasteiger partial charge in [0.05, 0.1) is 55.4 Å². The van der Waals surface area contributed by atoms with E-state index in [1.807, 2.05) is 183 Å². The molecular formula is C80H57BN6. The van der Waals surface area contributed by atoms with Gasteiger partial charge in [0.15, 0.2) is 0 Å². The van der Waals surface area contributed by atoms with Gasteiger partial charge in [-0.3, -0.25) is 9.97 Å². The number of pyridine rings is 2. The molecule has 2 aliphatic rings. The Hall–Kier alpha value is -11.0. The number of rotatable bonds is 8. The van der Waals surface area contributed by atoms with Crippen molar-refractivity contribution in [2.45, 2.75) is 26.2 Å². The molecule has 0 saturated heterocycles.